The predicted octanol–water partition coefficient (Wildman–Crippen LogP) is 5.83. The number of carbonyl (C=O) groups is 2. The third kappa shape index (κ3) is 11.3. The van der Waals surface area contributed by atoms with Crippen LogP contribution >= 0.6 is 0 Å². The van der Waals surface area contributed by atoms with Gasteiger partial charge in [-0.25, -0.2) is 0 Å². The molecule has 51 heavy (non-hydrogen) atoms. The topological polar surface area (TPSA) is 174 Å². The van der Waals surface area contributed by atoms with E-state index in [4.69, 9.17) is 21.9 Å². The number of ether oxygens (including phenoxy) is 1. The van der Waals surface area contributed by atoms with E-state index in [2.05, 4.69) is 95.1 Å². The van der Waals surface area contributed by atoms with Gasteiger partial charge in [-0.3, -0.25) is 14.6 Å². The average molecular weight is 704 g/mol. The number of nitrogens with two attached hydrogens (primary N) is 3. The van der Waals surface area contributed by atoms with Gasteiger partial charge in [0.05, 0.1) is 11.5 Å². The second-order valence-electron chi connectivity index (χ2n) is 17.2. The zero-order valence-electron chi connectivity index (χ0n) is 32.9. The van der Waals surface area contributed by atoms with Crippen LogP contribution in [0.15, 0.2) is 47.5 Å². The summed E-state index contributed by atoms with van der Waals surface area (Å²) in [4.78, 5) is 35.9. The lowest BCUT2D eigenvalue weighted by Gasteiger charge is -2.32. The number of aliphatic imine (C=N–C) groups is 1. The van der Waals surface area contributed by atoms with Crippen LogP contribution in [0.5, 0.6) is 0 Å². The SMILES string of the molecule is CNCCCC(CCCN=C(N)N)(CNC(=O)[C@@H](N)Cc1c(C(C)(C)C)[nH]c2cc(C(C)(C)C)cc(C(C)(C)C)c12)C(=O)OCc1ccccc1. The number of aromatic amines is 1. The van der Waals surface area contributed by atoms with Gasteiger partial charge in [-0.05, 0) is 84.8 Å². The lowest BCUT2D eigenvalue weighted by molar-refractivity contribution is -0.158. The van der Waals surface area contributed by atoms with Crippen LogP contribution in [-0.4, -0.2) is 55.5 Å². The molecule has 10 nitrogen and oxygen atoms in total. The van der Waals surface area contributed by atoms with E-state index in [0.717, 1.165) is 27.7 Å². The molecule has 2 aromatic carbocycles. The number of fused-ring (bicyclic) bond motifs is 1. The van der Waals surface area contributed by atoms with Crippen molar-refractivity contribution in [1.29, 1.82) is 0 Å². The quantitative estimate of drug-likeness (QED) is 0.0471. The second-order valence-corrected chi connectivity index (χ2v) is 17.2. The first kappa shape index (κ1) is 41.5. The summed E-state index contributed by atoms with van der Waals surface area (Å²) in [6.45, 7) is 21.2. The second kappa shape index (κ2) is 17.1. The predicted molar refractivity (Wildman–Crippen MR) is 211 cm³/mol. The monoisotopic (exact) mass is 704 g/mol. The van der Waals surface area contributed by atoms with Crippen LogP contribution in [0.4, 0.5) is 0 Å². The Bertz CT molecular complexity index is 1640. The van der Waals surface area contributed by atoms with Crippen molar-refractivity contribution >= 4 is 28.7 Å². The van der Waals surface area contributed by atoms with E-state index in [1.807, 2.05) is 37.4 Å². The number of hydrogen-bond acceptors (Lipinski definition) is 6. The molecule has 0 fully saturated rings. The average Bonchev–Trinajstić information content (AvgIpc) is 3.42. The van der Waals surface area contributed by atoms with E-state index < -0.39 is 11.5 Å². The third-order valence-electron chi connectivity index (χ3n) is 9.62. The van der Waals surface area contributed by atoms with Gasteiger partial charge in [-0.2, -0.15) is 0 Å². The molecule has 0 aliphatic rings. The Labute approximate surface area is 306 Å². The maximum absolute atomic E-state index is 14.0. The molecule has 0 aliphatic carbocycles. The van der Waals surface area contributed by atoms with Crippen LogP contribution in [0, 0.1) is 5.41 Å². The summed E-state index contributed by atoms with van der Waals surface area (Å²) in [5, 5.41) is 7.39. The summed E-state index contributed by atoms with van der Waals surface area (Å²) in [6.07, 6.45) is 2.51. The van der Waals surface area contributed by atoms with Crippen LogP contribution in [0.3, 0.4) is 0 Å². The van der Waals surface area contributed by atoms with Crippen molar-refractivity contribution in [3.63, 3.8) is 0 Å². The standard InChI is InChI=1S/C41H65N7O3/c1-38(2,3)28-22-30(39(4,5)6)33-29(34(40(7,8)9)48-32(33)23-28)24-31(42)35(49)47-26-41(18-14-20-45-10,19-15-21-46-37(43)44)36(50)51-25-27-16-12-11-13-17-27/h11-13,16-17,22-23,31,45,48H,14-15,18-21,24-26,42H2,1-10H3,(H,47,49)(H4,43,44,46)/t31-,41?/m0/s1. The molecule has 0 saturated heterocycles. The zero-order chi connectivity index (χ0) is 38.2. The van der Waals surface area contributed by atoms with Crippen molar-refractivity contribution in [2.75, 3.05) is 26.7 Å². The Hall–Kier alpha value is -3.89. The molecule has 3 aromatic rings. The van der Waals surface area contributed by atoms with Crippen molar-refractivity contribution in [2.45, 2.75) is 123 Å². The van der Waals surface area contributed by atoms with Gasteiger partial charge >= 0.3 is 5.97 Å². The van der Waals surface area contributed by atoms with Crippen molar-refractivity contribution in [3.8, 4) is 0 Å². The fourth-order valence-electron chi connectivity index (χ4n) is 6.65. The van der Waals surface area contributed by atoms with Crippen molar-refractivity contribution in [2.24, 2.45) is 27.6 Å². The first-order valence-electron chi connectivity index (χ1n) is 18.3. The van der Waals surface area contributed by atoms with E-state index in [1.54, 1.807) is 0 Å². The Balaban J connectivity index is 1.98. The molecular weight excluding hydrogens is 638 g/mol. The molecule has 1 aromatic heterocycles. The largest absolute Gasteiger partial charge is 0.460 e. The number of nitrogens with zero attached hydrogens (tertiary/aromatic N) is 1. The Morgan fingerprint density at radius 2 is 1.55 bits per heavy atom. The number of guanidine groups is 1. The number of H-pyrrole nitrogens is 1. The third-order valence-corrected chi connectivity index (χ3v) is 9.62. The first-order valence-corrected chi connectivity index (χ1v) is 18.3. The normalized spacial score (nSPS) is 14.2. The summed E-state index contributed by atoms with van der Waals surface area (Å²) in [7, 11) is 1.88. The molecule has 2 atom stereocenters. The number of benzene rings is 2. The number of esters is 1. The summed E-state index contributed by atoms with van der Waals surface area (Å²) in [6, 6.07) is 13.3. The van der Waals surface area contributed by atoms with Gasteiger partial charge in [0.25, 0.3) is 0 Å². The number of hydrogen-bond donors (Lipinski definition) is 6. The molecule has 282 valence electrons. The molecule has 0 bridgehead atoms. The smallest absolute Gasteiger partial charge is 0.314 e. The summed E-state index contributed by atoms with van der Waals surface area (Å²) < 4.78 is 5.93. The van der Waals surface area contributed by atoms with Crippen LogP contribution in [-0.2, 0) is 43.6 Å². The molecule has 0 radical (unpaired) electrons. The van der Waals surface area contributed by atoms with Gasteiger partial charge in [0.15, 0.2) is 5.96 Å². The molecule has 1 heterocycles. The van der Waals surface area contributed by atoms with Crippen molar-refractivity contribution in [3.05, 3.63) is 70.4 Å². The lowest BCUT2D eigenvalue weighted by Crippen LogP contribution is -2.49. The zero-order valence-corrected chi connectivity index (χ0v) is 32.9. The molecule has 10 heteroatoms. The number of nitrogens with one attached hydrogen (secondary N) is 3. The lowest BCUT2D eigenvalue weighted by atomic mass is 9.77. The molecule has 1 amide bonds. The number of amides is 1. The highest BCUT2D eigenvalue weighted by atomic mass is 16.5. The Morgan fingerprint density at radius 1 is 0.902 bits per heavy atom. The van der Waals surface area contributed by atoms with Crippen LogP contribution in [0.2, 0.25) is 0 Å². The fraction of sp³-hybridized carbons (Fsp3) is 0.585. The molecule has 9 N–H and O–H groups in total. The van der Waals surface area contributed by atoms with Crippen LogP contribution < -0.4 is 27.8 Å². The van der Waals surface area contributed by atoms with E-state index in [0.29, 0.717) is 45.2 Å². The highest BCUT2D eigenvalue weighted by molar-refractivity contribution is 5.92. The van der Waals surface area contributed by atoms with Gasteiger partial charge in [-0.15, -0.1) is 0 Å². The van der Waals surface area contributed by atoms with Crippen molar-refractivity contribution < 1.29 is 14.3 Å². The highest BCUT2D eigenvalue weighted by Crippen LogP contribution is 2.41. The van der Waals surface area contributed by atoms with Gasteiger partial charge in [0, 0.05) is 35.1 Å². The molecule has 1 unspecified atom stereocenters. The molecular formula is C41H65N7O3. The Morgan fingerprint density at radius 3 is 2.12 bits per heavy atom. The summed E-state index contributed by atoms with van der Waals surface area (Å²) >= 11 is 0. The van der Waals surface area contributed by atoms with Gasteiger partial charge in [0.2, 0.25) is 5.91 Å². The minimum Gasteiger partial charge on any atom is -0.460 e. The van der Waals surface area contributed by atoms with E-state index in [-0.39, 0.29) is 47.2 Å². The molecule has 3 rings (SSSR count). The summed E-state index contributed by atoms with van der Waals surface area (Å²) in [5.41, 5.74) is 23.1. The minimum atomic E-state index is -1.000. The fourth-order valence-corrected chi connectivity index (χ4v) is 6.65. The molecule has 0 aliphatic heterocycles. The first-order chi connectivity index (χ1) is 23.7. The van der Waals surface area contributed by atoms with Crippen molar-refractivity contribution in [1.82, 2.24) is 15.6 Å². The number of aromatic nitrogens is 1. The van der Waals surface area contributed by atoms with Crippen LogP contribution in [0.25, 0.3) is 10.9 Å². The summed E-state index contributed by atoms with van der Waals surface area (Å²) in [5.74, 6) is -0.680. The highest BCUT2D eigenvalue weighted by Gasteiger charge is 2.40. The van der Waals surface area contributed by atoms with E-state index in [1.165, 1.54) is 11.1 Å². The maximum Gasteiger partial charge on any atom is 0.314 e. The van der Waals surface area contributed by atoms with E-state index in [9.17, 15) is 9.59 Å². The van der Waals surface area contributed by atoms with Gasteiger partial charge in [-0.1, -0.05) is 98.7 Å². The molecule has 0 saturated carbocycles. The van der Waals surface area contributed by atoms with Gasteiger partial charge in [0.1, 0.15) is 6.61 Å². The van der Waals surface area contributed by atoms with Gasteiger partial charge < -0.3 is 37.6 Å². The Kier molecular flexibility index (Phi) is 13.9. The van der Waals surface area contributed by atoms with E-state index >= 15 is 0 Å². The maximum atomic E-state index is 14.0. The number of carbonyl (C=O) groups excluding carboxylic acids is 2. The minimum absolute atomic E-state index is 0.00197. The van der Waals surface area contributed by atoms with Crippen LogP contribution in [0.1, 0.15) is 116 Å². The molecule has 0 spiro atoms. The number of rotatable bonds is 16.